The maximum atomic E-state index is 16.2. The standard InChI is InChI=1S/C53H70N2O19/c1-24-13-16-38(72-41-22-51(10,55(64)65)46(29(6)68-41)54-50(63)66-12)25(2)18-36-37(60)19-33(23-56)21-53(36)48(71-32(9)59)42(49(62)74-53)47(61)52(11)35(24)15-14-34-43(52)26(3)17-27(4)44(34)73-40-20-39(69-30(7)57)45(28(5)67-40)70-31(8)58/h13-15,18-19,23,26-29,34-41,43-46,60H,16-17,20-22H2,1-12H3,(H,54,63)/b24-13+,25-18?/t26-,27-,28-,29+,34-,35-,36+,37-,38-,39-,40-,41-,43+,44-,45-,46-,51-,52+,53-/m0/s1. The molecule has 2 saturated heterocycles. The van der Waals surface area contributed by atoms with Crippen LogP contribution in [-0.4, -0.2) is 132 Å². The highest BCUT2D eigenvalue weighted by Crippen LogP contribution is 2.60. The maximum absolute atomic E-state index is 16.2. The normalized spacial score (nSPS) is 41.8. The Labute approximate surface area is 429 Å². The van der Waals surface area contributed by atoms with Gasteiger partial charge in [-0.3, -0.25) is 34.1 Å². The number of aldehydes is 1. The molecule has 2 N–H and O–H groups in total. The number of amides is 1. The molecule has 3 aliphatic heterocycles. The van der Waals surface area contributed by atoms with E-state index in [1.54, 1.807) is 33.8 Å². The third kappa shape index (κ3) is 10.4. The molecule has 74 heavy (non-hydrogen) atoms. The van der Waals surface area contributed by atoms with Crippen molar-refractivity contribution < 1.29 is 86.2 Å². The molecule has 0 aromatic carbocycles. The molecule has 0 unspecified atom stereocenters. The molecule has 1 spiro atoms. The summed E-state index contributed by atoms with van der Waals surface area (Å²) in [4.78, 5) is 106. The van der Waals surface area contributed by atoms with E-state index in [1.807, 2.05) is 39.0 Å². The van der Waals surface area contributed by atoms with Gasteiger partial charge in [0.05, 0.1) is 50.0 Å². The second-order valence-corrected chi connectivity index (χ2v) is 21.6. The monoisotopic (exact) mass is 1040 g/mol. The molecule has 3 fully saturated rings. The van der Waals surface area contributed by atoms with Gasteiger partial charge in [0.2, 0.25) is 5.54 Å². The number of carbonyl (C=O) groups is 7. The van der Waals surface area contributed by atoms with Crippen molar-refractivity contribution in [2.75, 3.05) is 7.11 Å². The predicted octanol–water partition coefficient (Wildman–Crippen LogP) is 5.23. The summed E-state index contributed by atoms with van der Waals surface area (Å²) in [6, 6.07) is -1.12. The first-order valence-electron chi connectivity index (χ1n) is 25.2. The number of fused-ring (bicyclic) bond motifs is 3. The first-order valence-corrected chi connectivity index (χ1v) is 25.2. The Morgan fingerprint density at radius 3 is 2.18 bits per heavy atom. The fraction of sp³-hybridized carbons (Fsp3) is 0.679. The summed E-state index contributed by atoms with van der Waals surface area (Å²) >= 11 is 0. The van der Waals surface area contributed by atoms with Gasteiger partial charge < -0.3 is 53.1 Å². The van der Waals surface area contributed by atoms with Gasteiger partial charge in [-0.25, -0.2) is 9.59 Å². The molecule has 19 atom stereocenters. The van der Waals surface area contributed by atoms with Crippen molar-refractivity contribution >= 4 is 42.0 Å². The molecular formula is C53H70N2O19. The Hall–Kier alpha value is -5.61. The Balaban J connectivity index is 1.37. The zero-order valence-corrected chi connectivity index (χ0v) is 44.0. The van der Waals surface area contributed by atoms with Crippen LogP contribution in [0.25, 0.3) is 0 Å². The minimum Gasteiger partial charge on any atom is -0.458 e. The summed E-state index contributed by atoms with van der Waals surface area (Å²) < 4.78 is 54.4. The lowest BCUT2D eigenvalue weighted by atomic mass is 9.48. The van der Waals surface area contributed by atoms with Crippen LogP contribution >= 0.6 is 0 Å². The van der Waals surface area contributed by atoms with Crippen molar-refractivity contribution in [2.24, 2.45) is 40.9 Å². The first-order chi connectivity index (χ1) is 34.7. The van der Waals surface area contributed by atoms with Crippen LogP contribution in [0, 0.1) is 51.0 Å². The Kier molecular flexibility index (Phi) is 16.3. The van der Waals surface area contributed by atoms with Gasteiger partial charge in [-0.05, 0) is 75.5 Å². The quantitative estimate of drug-likeness (QED) is 0.0538. The average Bonchev–Trinajstić information content (AvgIpc) is 3.57. The topological polar surface area (TPSA) is 278 Å². The molecule has 3 heterocycles. The van der Waals surface area contributed by atoms with Crippen LogP contribution in [0.4, 0.5) is 4.79 Å². The van der Waals surface area contributed by atoms with Gasteiger partial charge in [-0.1, -0.05) is 50.6 Å². The first kappa shape index (κ1) is 56.1. The van der Waals surface area contributed by atoms with E-state index in [4.69, 9.17) is 42.6 Å². The molecule has 7 rings (SSSR count). The van der Waals surface area contributed by atoms with Crippen molar-refractivity contribution in [1.29, 1.82) is 0 Å². The van der Waals surface area contributed by atoms with Crippen LogP contribution in [0.3, 0.4) is 0 Å². The van der Waals surface area contributed by atoms with Crippen molar-refractivity contribution in [3.63, 3.8) is 0 Å². The number of nitrogens with zero attached hydrogens (tertiary/aromatic N) is 1. The summed E-state index contributed by atoms with van der Waals surface area (Å²) in [5.74, 6) is -7.84. The van der Waals surface area contributed by atoms with Gasteiger partial charge in [0.1, 0.15) is 24.0 Å². The van der Waals surface area contributed by atoms with E-state index in [-0.39, 0.29) is 36.7 Å². The fourth-order valence-corrected chi connectivity index (χ4v) is 13.2. The summed E-state index contributed by atoms with van der Waals surface area (Å²) in [7, 11) is 1.14. The zero-order chi connectivity index (χ0) is 54.5. The number of hydrogen-bond donors (Lipinski definition) is 2. The number of ketones is 1. The summed E-state index contributed by atoms with van der Waals surface area (Å²) in [6.07, 6.45) is -0.598. The van der Waals surface area contributed by atoms with Crippen LogP contribution in [-0.2, 0) is 71.4 Å². The molecule has 21 nitrogen and oxygen atoms in total. The van der Waals surface area contributed by atoms with Crippen LogP contribution in [0.15, 0.2) is 58.4 Å². The van der Waals surface area contributed by atoms with Gasteiger partial charge in [0, 0.05) is 62.7 Å². The number of esters is 4. The number of nitro groups is 1. The van der Waals surface area contributed by atoms with E-state index in [2.05, 4.69) is 5.32 Å². The number of aliphatic hydroxyl groups is 1. The smallest absolute Gasteiger partial charge is 0.407 e. The Morgan fingerprint density at radius 2 is 1.55 bits per heavy atom. The lowest BCUT2D eigenvalue weighted by Gasteiger charge is -2.56. The van der Waals surface area contributed by atoms with Crippen LogP contribution in [0.1, 0.15) is 108 Å². The summed E-state index contributed by atoms with van der Waals surface area (Å²) in [5, 5.41) is 27.3. The molecule has 21 heteroatoms. The minimum absolute atomic E-state index is 0.00774. The molecule has 2 bridgehead atoms. The molecule has 1 amide bonds. The number of hydrogen-bond acceptors (Lipinski definition) is 19. The molecule has 4 aliphatic carbocycles. The maximum Gasteiger partial charge on any atom is 0.407 e. The largest absolute Gasteiger partial charge is 0.458 e. The zero-order valence-electron chi connectivity index (χ0n) is 44.0. The van der Waals surface area contributed by atoms with E-state index >= 15 is 4.79 Å². The number of allylic oxidation sites excluding steroid dienone is 2. The van der Waals surface area contributed by atoms with Crippen LogP contribution in [0.2, 0.25) is 0 Å². The van der Waals surface area contributed by atoms with Gasteiger partial charge in [0.25, 0.3) is 0 Å². The summed E-state index contributed by atoms with van der Waals surface area (Å²) in [6.45, 7) is 17.6. The molecule has 0 aromatic heterocycles. The SMILES string of the molecule is COC(=O)N[C@H]1[C@@H](C)O[C@@H](O[C@H]2C/C=C(\C)[C@@H]3C=C[C@@H]4[C@@H](O[C@H]5C[C@H](OC(C)=O)[C@@H](OC(C)=O)[C@H](C)O5)[C@@H](C)C[C@H](C)[C@H]4[C@]3(C)C(=O)C3=C(OC(C)=O)[C@@]4(CC(C=O)=C[C@H](O)[C@H]4C=C2C)OC3=O)C[C@]1(C)[N+](=O)[O-]. The summed E-state index contributed by atoms with van der Waals surface area (Å²) in [5.41, 5.74) is -4.88. The lowest BCUT2D eigenvalue weighted by molar-refractivity contribution is -0.584. The predicted molar refractivity (Wildman–Crippen MR) is 257 cm³/mol. The highest BCUT2D eigenvalue weighted by Gasteiger charge is 2.65. The number of Topliss-reactive ketones (excluding diaryl/α,β-unsaturated/α-hetero) is 1. The number of methoxy groups -OCH3 is 1. The number of rotatable bonds is 10. The number of carbonyl (C=O) groups excluding carboxylic acids is 7. The minimum atomic E-state index is -2.11. The van der Waals surface area contributed by atoms with E-state index in [0.29, 0.717) is 23.9 Å². The van der Waals surface area contributed by atoms with Crippen molar-refractivity contribution in [1.82, 2.24) is 5.32 Å². The fourth-order valence-electron chi connectivity index (χ4n) is 13.2. The van der Waals surface area contributed by atoms with E-state index < -0.39 is 160 Å². The molecule has 0 aromatic rings. The highest BCUT2D eigenvalue weighted by atomic mass is 16.7. The Bertz CT molecular complexity index is 2460. The third-order valence-electron chi connectivity index (χ3n) is 16.5. The van der Waals surface area contributed by atoms with Crippen LogP contribution in [0.5, 0.6) is 0 Å². The average molecular weight is 1040 g/mol. The Morgan fingerprint density at radius 1 is 0.878 bits per heavy atom. The van der Waals surface area contributed by atoms with E-state index in [1.165, 1.54) is 26.8 Å². The van der Waals surface area contributed by atoms with Gasteiger partial charge in [-0.2, -0.15) is 0 Å². The number of ether oxygens (including phenoxy) is 9. The lowest BCUT2D eigenvalue weighted by Crippen LogP contribution is -2.65. The van der Waals surface area contributed by atoms with Gasteiger partial charge in [-0.15, -0.1) is 0 Å². The number of aliphatic hydroxyl groups excluding tert-OH is 1. The molecular weight excluding hydrogens is 969 g/mol. The van der Waals surface area contributed by atoms with E-state index in [9.17, 15) is 44.0 Å². The third-order valence-corrected chi connectivity index (χ3v) is 16.5. The number of nitrogens with one attached hydrogen (secondary N) is 1. The molecule has 0 radical (unpaired) electrons. The highest BCUT2D eigenvalue weighted by molar-refractivity contribution is 6.22. The number of alkyl carbamates (subject to hydrolysis) is 1. The van der Waals surface area contributed by atoms with Crippen molar-refractivity contribution in [3.05, 3.63) is 68.5 Å². The van der Waals surface area contributed by atoms with Crippen molar-refractivity contribution in [3.8, 4) is 0 Å². The molecule has 1 saturated carbocycles. The van der Waals surface area contributed by atoms with Gasteiger partial charge >= 0.3 is 30.0 Å². The van der Waals surface area contributed by atoms with Gasteiger partial charge in [0.15, 0.2) is 35.8 Å². The second-order valence-electron chi connectivity index (χ2n) is 21.6. The molecule has 406 valence electrons. The van der Waals surface area contributed by atoms with Crippen LogP contribution < -0.4 is 5.32 Å². The van der Waals surface area contributed by atoms with Crippen molar-refractivity contribution in [2.45, 2.75) is 181 Å². The van der Waals surface area contributed by atoms with E-state index in [0.717, 1.165) is 14.0 Å². The molecule has 7 aliphatic rings. The second kappa shape index (κ2) is 21.6.